The summed E-state index contributed by atoms with van der Waals surface area (Å²) in [6, 6.07) is 0. The molecule has 0 saturated carbocycles. The minimum Gasteiger partial charge on any atom is -0.391 e. The second-order valence-corrected chi connectivity index (χ2v) is 4.41. The molecule has 8 heavy (non-hydrogen) atoms. The fourth-order valence-electron chi connectivity index (χ4n) is 0.622. The van der Waals surface area contributed by atoms with Crippen molar-refractivity contribution in [2.45, 2.75) is 13.8 Å². The van der Waals surface area contributed by atoms with E-state index in [1.807, 2.05) is 0 Å². The van der Waals surface area contributed by atoms with E-state index < -0.39 is 0 Å². The number of rotatable bonds is 4. The summed E-state index contributed by atoms with van der Waals surface area (Å²) in [5, 5.41) is 8.51. The van der Waals surface area contributed by atoms with Gasteiger partial charge in [-0.3, -0.25) is 0 Å². The van der Waals surface area contributed by atoms with Gasteiger partial charge >= 0.3 is 0 Å². The van der Waals surface area contributed by atoms with Crippen molar-refractivity contribution >= 4 is 10.9 Å². The largest absolute Gasteiger partial charge is 0.391 e. The zero-order chi connectivity index (χ0) is 6.41. The van der Waals surface area contributed by atoms with Gasteiger partial charge in [0.1, 0.15) is 17.3 Å². The highest BCUT2D eigenvalue weighted by atomic mass is 32.2. The van der Waals surface area contributed by atoms with Crippen LogP contribution < -0.4 is 0 Å². The van der Waals surface area contributed by atoms with Gasteiger partial charge in [-0.2, -0.15) is 0 Å². The van der Waals surface area contributed by atoms with Crippen LogP contribution in [0.4, 0.5) is 0 Å². The van der Waals surface area contributed by atoms with Gasteiger partial charge in [0, 0.05) is 0 Å². The highest BCUT2D eigenvalue weighted by Gasteiger charge is 2.08. The predicted molar refractivity (Wildman–Crippen MR) is 40.4 cm³/mol. The quantitative estimate of drug-likeness (QED) is 0.561. The Labute approximate surface area is 54.4 Å². The van der Waals surface area contributed by atoms with Crippen molar-refractivity contribution in [1.29, 1.82) is 0 Å². The molecule has 0 saturated heterocycles. The van der Waals surface area contributed by atoms with Crippen molar-refractivity contribution in [3.8, 4) is 0 Å². The van der Waals surface area contributed by atoms with Crippen molar-refractivity contribution in [3.63, 3.8) is 0 Å². The van der Waals surface area contributed by atoms with Crippen LogP contribution in [0.25, 0.3) is 0 Å². The molecule has 0 spiro atoms. The first-order valence-corrected chi connectivity index (χ1v) is 4.83. The molecule has 0 atom stereocenters. The number of aliphatic hydroxyl groups excluding tert-OH is 1. The molecule has 2 heteroatoms. The number of hydrogen-bond acceptors (Lipinski definition) is 1. The molecule has 0 heterocycles. The van der Waals surface area contributed by atoms with E-state index in [1.165, 1.54) is 11.5 Å². The van der Waals surface area contributed by atoms with Gasteiger partial charge in [-0.25, -0.2) is 0 Å². The molecule has 0 bridgehead atoms. The molecule has 0 aromatic carbocycles. The van der Waals surface area contributed by atoms with E-state index in [0.717, 1.165) is 5.75 Å². The molecule has 0 aromatic heterocycles. The third kappa shape index (κ3) is 3.33. The first-order chi connectivity index (χ1) is 3.85. The Morgan fingerprint density at radius 1 is 1.25 bits per heavy atom. The summed E-state index contributed by atoms with van der Waals surface area (Å²) >= 11 is 0. The van der Waals surface area contributed by atoms with E-state index in [1.54, 1.807) is 0 Å². The molecule has 0 rings (SSSR count). The van der Waals surface area contributed by atoms with Crippen LogP contribution in [0, 0.1) is 0 Å². The normalized spacial score (nSPS) is 10.5. The molecular weight excluding hydrogens is 120 g/mol. The molecule has 1 N–H and O–H groups in total. The Bertz CT molecular complexity index is 43.8. The monoisotopic (exact) mass is 135 g/mol. The van der Waals surface area contributed by atoms with Crippen molar-refractivity contribution in [2.24, 2.45) is 0 Å². The van der Waals surface area contributed by atoms with Crippen molar-refractivity contribution in [1.82, 2.24) is 0 Å². The van der Waals surface area contributed by atoms with Crippen LogP contribution >= 0.6 is 0 Å². The van der Waals surface area contributed by atoms with Gasteiger partial charge in [0.15, 0.2) is 0 Å². The summed E-state index contributed by atoms with van der Waals surface area (Å²) in [6.45, 7) is 4.73. The Morgan fingerprint density at radius 3 is 1.88 bits per heavy atom. The van der Waals surface area contributed by atoms with Gasteiger partial charge in [-0.15, -0.1) is 0 Å². The number of hydrogen-bond donors (Lipinski definition) is 1. The van der Waals surface area contributed by atoms with E-state index >= 15 is 0 Å². The van der Waals surface area contributed by atoms with Gasteiger partial charge < -0.3 is 5.11 Å². The zero-order valence-electron chi connectivity index (χ0n) is 5.68. The molecule has 0 aliphatic carbocycles. The molecule has 0 aromatic rings. The maximum Gasteiger partial charge on any atom is 0.131 e. The topological polar surface area (TPSA) is 20.2 Å². The van der Waals surface area contributed by atoms with Crippen LogP contribution in [0.3, 0.4) is 0 Å². The lowest BCUT2D eigenvalue weighted by Crippen LogP contribution is -2.14. The summed E-state index contributed by atoms with van der Waals surface area (Å²) in [5.41, 5.74) is 0. The smallest absolute Gasteiger partial charge is 0.131 e. The second kappa shape index (κ2) is 5.45. The first-order valence-electron chi connectivity index (χ1n) is 3.10. The van der Waals surface area contributed by atoms with Crippen LogP contribution in [0.15, 0.2) is 0 Å². The van der Waals surface area contributed by atoms with Crippen molar-refractivity contribution in [3.05, 3.63) is 0 Å². The molecule has 0 radical (unpaired) electrons. The van der Waals surface area contributed by atoms with Gasteiger partial charge in [0.2, 0.25) is 0 Å². The molecule has 50 valence electrons. The number of aliphatic hydroxyl groups is 1. The third-order valence-corrected chi connectivity index (χ3v) is 3.59. The maximum absolute atomic E-state index is 8.51. The highest BCUT2D eigenvalue weighted by Crippen LogP contribution is 1.93. The van der Waals surface area contributed by atoms with E-state index in [4.69, 9.17) is 5.11 Å². The zero-order valence-corrected chi connectivity index (χ0v) is 6.50. The van der Waals surface area contributed by atoms with E-state index in [9.17, 15) is 0 Å². The average Bonchev–Trinajstić information content (AvgIpc) is 1.83. The predicted octanol–water partition coefficient (Wildman–Crippen LogP) is 0.637. The van der Waals surface area contributed by atoms with Crippen LogP contribution in [0.2, 0.25) is 0 Å². The molecular formula is C6H15OS+. The Morgan fingerprint density at radius 2 is 1.75 bits per heavy atom. The maximum atomic E-state index is 8.51. The molecule has 0 aliphatic rings. The summed E-state index contributed by atoms with van der Waals surface area (Å²) in [4.78, 5) is 0. The standard InChI is InChI=1S/C6H15OS/c1-3-8(4-2)6-5-7/h7H,3-6H2,1-2H3/q+1. The van der Waals surface area contributed by atoms with E-state index in [-0.39, 0.29) is 0 Å². The Balaban J connectivity index is 3.07. The third-order valence-electron chi connectivity index (χ3n) is 1.20. The lowest BCUT2D eigenvalue weighted by atomic mass is 10.9. The van der Waals surface area contributed by atoms with Gasteiger partial charge in [-0.05, 0) is 24.7 Å². The van der Waals surface area contributed by atoms with Crippen molar-refractivity contribution in [2.75, 3.05) is 23.9 Å². The highest BCUT2D eigenvalue weighted by molar-refractivity contribution is 7.96. The SMILES string of the molecule is CC[S+](CC)CCO. The second-order valence-electron chi connectivity index (χ2n) is 1.62. The average molecular weight is 135 g/mol. The molecule has 0 fully saturated rings. The van der Waals surface area contributed by atoms with Crippen LogP contribution in [-0.4, -0.2) is 29.0 Å². The fourth-order valence-corrected chi connectivity index (χ4v) is 1.87. The molecule has 0 aliphatic heterocycles. The van der Waals surface area contributed by atoms with Crippen LogP contribution in [0.1, 0.15) is 13.8 Å². The van der Waals surface area contributed by atoms with Crippen LogP contribution in [0.5, 0.6) is 0 Å². The summed E-state index contributed by atoms with van der Waals surface area (Å²) in [5.74, 6) is 3.47. The summed E-state index contributed by atoms with van der Waals surface area (Å²) in [7, 11) is 0.512. The lowest BCUT2D eigenvalue weighted by Gasteiger charge is -1.98. The fraction of sp³-hybridized carbons (Fsp3) is 1.00. The minimum absolute atomic E-state index is 0.366. The minimum atomic E-state index is 0.366. The summed E-state index contributed by atoms with van der Waals surface area (Å²) in [6.07, 6.45) is 0. The first kappa shape index (κ1) is 8.31. The Kier molecular flexibility index (Phi) is 5.66. The molecule has 0 amide bonds. The molecule has 1 nitrogen and oxygen atoms in total. The lowest BCUT2D eigenvalue weighted by molar-refractivity contribution is 0.322. The summed E-state index contributed by atoms with van der Waals surface area (Å²) < 4.78 is 0. The molecule has 0 unspecified atom stereocenters. The van der Waals surface area contributed by atoms with Gasteiger partial charge in [0.25, 0.3) is 0 Å². The van der Waals surface area contributed by atoms with Crippen molar-refractivity contribution < 1.29 is 5.11 Å². The van der Waals surface area contributed by atoms with Gasteiger partial charge in [-0.1, -0.05) is 0 Å². The van der Waals surface area contributed by atoms with Gasteiger partial charge in [0.05, 0.1) is 6.61 Å². The van der Waals surface area contributed by atoms with E-state index in [0.29, 0.717) is 17.5 Å². The van der Waals surface area contributed by atoms with E-state index in [2.05, 4.69) is 13.8 Å². The Hall–Kier alpha value is 0.310. The van der Waals surface area contributed by atoms with Crippen LogP contribution in [-0.2, 0) is 10.9 Å².